The molecule has 1 aromatic rings. The summed E-state index contributed by atoms with van der Waals surface area (Å²) in [5, 5.41) is 8.68. The second kappa shape index (κ2) is 5.38. The molecule has 0 amide bonds. The van der Waals surface area contributed by atoms with Crippen LogP contribution in [0.15, 0.2) is 24.3 Å². The van der Waals surface area contributed by atoms with Gasteiger partial charge in [0, 0.05) is 19.0 Å². The summed E-state index contributed by atoms with van der Waals surface area (Å²) in [6, 6.07) is 10.7. The highest BCUT2D eigenvalue weighted by Crippen LogP contribution is 2.36. The van der Waals surface area contributed by atoms with Crippen LogP contribution in [0.1, 0.15) is 39.2 Å². The Balaban J connectivity index is 1.65. The van der Waals surface area contributed by atoms with Crippen LogP contribution < -0.4 is 5.46 Å². The highest BCUT2D eigenvalue weighted by atomic mass is 16.7. The van der Waals surface area contributed by atoms with Gasteiger partial charge in [0.1, 0.15) is 0 Å². The molecule has 2 aliphatic rings. The number of nitriles is 1. The van der Waals surface area contributed by atoms with E-state index in [1.165, 1.54) is 5.56 Å². The lowest BCUT2D eigenvalue weighted by Crippen LogP contribution is -2.45. The first-order valence-electron chi connectivity index (χ1n) is 7.87. The third kappa shape index (κ3) is 2.67. The van der Waals surface area contributed by atoms with E-state index in [0.29, 0.717) is 12.5 Å². The lowest BCUT2D eigenvalue weighted by atomic mass is 9.78. The third-order valence-corrected chi connectivity index (χ3v) is 5.18. The largest absolute Gasteiger partial charge is 0.494 e. The van der Waals surface area contributed by atoms with E-state index in [4.69, 9.17) is 14.6 Å². The molecule has 2 fully saturated rings. The van der Waals surface area contributed by atoms with Crippen LogP contribution in [-0.2, 0) is 9.31 Å². The van der Waals surface area contributed by atoms with Gasteiger partial charge in [-0.15, -0.1) is 0 Å². The Labute approximate surface area is 133 Å². The van der Waals surface area contributed by atoms with Gasteiger partial charge in [0.15, 0.2) is 0 Å². The Morgan fingerprint density at radius 3 is 2.18 bits per heavy atom. The van der Waals surface area contributed by atoms with Gasteiger partial charge in [0.2, 0.25) is 0 Å². The minimum Gasteiger partial charge on any atom is -0.399 e. The van der Waals surface area contributed by atoms with Gasteiger partial charge in [-0.05, 0) is 38.7 Å². The first kappa shape index (κ1) is 15.5. The first-order valence-corrected chi connectivity index (χ1v) is 7.87. The summed E-state index contributed by atoms with van der Waals surface area (Å²) in [4.78, 5) is 2.16. The molecule has 2 heterocycles. The summed E-state index contributed by atoms with van der Waals surface area (Å²) in [7, 11) is -0.296. The molecular weight excluding hydrogens is 275 g/mol. The van der Waals surface area contributed by atoms with Crippen LogP contribution in [-0.4, -0.2) is 42.9 Å². The van der Waals surface area contributed by atoms with E-state index < -0.39 is 0 Å². The number of benzene rings is 1. The summed E-state index contributed by atoms with van der Waals surface area (Å²) in [5.41, 5.74) is 1.79. The van der Waals surface area contributed by atoms with Crippen LogP contribution in [0.25, 0.3) is 0 Å². The number of nitrogens with zero attached hydrogens (tertiary/aromatic N) is 2. The zero-order valence-corrected chi connectivity index (χ0v) is 13.8. The van der Waals surface area contributed by atoms with Gasteiger partial charge in [-0.2, -0.15) is 5.26 Å². The molecule has 2 aliphatic heterocycles. The quantitative estimate of drug-likeness (QED) is 0.631. The van der Waals surface area contributed by atoms with Gasteiger partial charge in [-0.1, -0.05) is 24.3 Å². The Kier molecular flexibility index (Phi) is 3.80. The van der Waals surface area contributed by atoms with E-state index in [1.807, 2.05) is 0 Å². The van der Waals surface area contributed by atoms with E-state index in [-0.39, 0.29) is 18.3 Å². The normalized spacial score (nSPS) is 24.0. The number of hydrogen-bond donors (Lipinski definition) is 0. The summed E-state index contributed by atoms with van der Waals surface area (Å²) >= 11 is 0. The Bertz CT molecular complexity index is 570. The van der Waals surface area contributed by atoms with E-state index >= 15 is 0 Å². The van der Waals surface area contributed by atoms with Crippen LogP contribution in [0.2, 0.25) is 0 Å². The van der Waals surface area contributed by atoms with Crippen molar-refractivity contribution >= 4 is 12.6 Å². The Morgan fingerprint density at radius 1 is 1.14 bits per heavy atom. The van der Waals surface area contributed by atoms with Crippen LogP contribution >= 0.6 is 0 Å². The Morgan fingerprint density at radius 2 is 1.68 bits per heavy atom. The molecule has 1 aromatic carbocycles. The fourth-order valence-electron chi connectivity index (χ4n) is 2.91. The summed E-state index contributed by atoms with van der Waals surface area (Å²) in [6.07, 6.45) is 0. The average Bonchev–Trinajstić information content (AvgIpc) is 2.63. The van der Waals surface area contributed by atoms with Gasteiger partial charge in [-0.25, -0.2) is 0 Å². The standard InChI is InChI=1S/C17H23BN2O2/c1-16(2)17(3,4)22-18(21-16)15-7-5-13(6-8-15)14-11-20(12-14)10-9-19/h5-8,14H,10-12H2,1-4H3. The smallest absolute Gasteiger partial charge is 0.399 e. The SMILES string of the molecule is CC1(C)OB(c2ccc(C3CN(CC#N)C3)cc2)OC1(C)C. The molecule has 0 N–H and O–H groups in total. The number of hydrogen-bond acceptors (Lipinski definition) is 4. The molecule has 4 nitrogen and oxygen atoms in total. The molecule has 0 saturated carbocycles. The zero-order valence-electron chi connectivity index (χ0n) is 13.8. The monoisotopic (exact) mass is 298 g/mol. The summed E-state index contributed by atoms with van der Waals surface area (Å²) in [6.45, 7) is 10.8. The summed E-state index contributed by atoms with van der Waals surface area (Å²) < 4.78 is 12.1. The molecule has 5 heteroatoms. The molecule has 3 rings (SSSR count). The van der Waals surface area contributed by atoms with Crippen molar-refractivity contribution < 1.29 is 9.31 Å². The van der Waals surface area contributed by atoms with Crippen LogP contribution in [0.4, 0.5) is 0 Å². The maximum atomic E-state index is 8.68. The van der Waals surface area contributed by atoms with Gasteiger partial charge >= 0.3 is 7.12 Å². The van der Waals surface area contributed by atoms with Crippen molar-refractivity contribution in [1.82, 2.24) is 4.90 Å². The van der Waals surface area contributed by atoms with Crippen molar-refractivity contribution in [2.75, 3.05) is 19.6 Å². The summed E-state index contributed by atoms with van der Waals surface area (Å²) in [5.74, 6) is 0.542. The molecule has 2 saturated heterocycles. The van der Waals surface area contributed by atoms with Crippen molar-refractivity contribution in [2.45, 2.75) is 44.8 Å². The molecule has 0 aromatic heterocycles. The van der Waals surface area contributed by atoms with Crippen molar-refractivity contribution in [1.29, 1.82) is 5.26 Å². The van der Waals surface area contributed by atoms with Gasteiger partial charge in [-0.3, -0.25) is 4.90 Å². The molecule has 0 aliphatic carbocycles. The maximum Gasteiger partial charge on any atom is 0.494 e. The van der Waals surface area contributed by atoms with Crippen LogP contribution in [0.3, 0.4) is 0 Å². The fourth-order valence-corrected chi connectivity index (χ4v) is 2.91. The van der Waals surface area contributed by atoms with Gasteiger partial charge in [0.05, 0.1) is 23.8 Å². The fraction of sp³-hybridized carbons (Fsp3) is 0.588. The second-order valence-corrected chi connectivity index (χ2v) is 7.30. The average molecular weight is 298 g/mol. The molecule has 116 valence electrons. The van der Waals surface area contributed by atoms with E-state index in [2.05, 4.69) is 62.9 Å². The van der Waals surface area contributed by atoms with Crippen LogP contribution in [0.5, 0.6) is 0 Å². The van der Waals surface area contributed by atoms with E-state index in [1.54, 1.807) is 0 Å². The van der Waals surface area contributed by atoms with Crippen LogP contribution in [0, 0.1) is 11.3 Å². The predicted octanol–water partition coefficient (Wildman–Crippen LogP) is 1.91. The second-order valence-electron chi connectivity index (χ2n) is 7.30. The first-order chi connectivity index (χ1) is 10.3. The third-order valence-electron chi connectivity index (χ3n) is 5.18. The molecule has 0 unspecified atom stereocenters. The van der Waals surface area contributed by atoms with Crippen molar-refractivity contribution in [3.05, 3.63) is 29.8 Å². The molecule has 0 bridgehead atoms. The van der Waals surface area contributed by atoms with Gasteiger partial charge in [0.25, 0.3) is 0 Å². The van der Waals surface area contributed by atoms with Crippen molar-refractivity contribution in [2.24, 2.45) is 0 Å². The predicted molar refractivity (Wildman–Crippen MR) is 87.0 cm³/mol. The Hall–Kier alpha value is -1.35. The maximum absolute atomic E-state index is 8.68. The highest BCUT2D eigenvalue weighted by molar-refractivity contribution is 6.62. The molecule has 0 atom stereocenters. The number of likely N-dealkylation sites (tertiary alicyclic amines) is 1. The van der Waals surface area contributed by atoms with E-state index in [9.17, 15) is 0 Å². The molecule has 0 radical (unpaired) electrons. The van der Waals surface area contributed by atoms with Gasteiger partial charge < -0.3 is 9.31 Å². The minimum atomic E-state index is -0.303. The lowest BCUT2D eigenvalue weighted by molar-refractivity contribution is 0.00578. The van der Waals surface area contributed by atoms with E-state index in [0.717, 1.165) is 18.6 Å². The molecular formula is C17H23BN2O2. The van der Waals surface area contributed by atoms with Crippen molar-refractivity contribution in [3.8, 4) is 6.07 Å². The number of rotatable bonds is 3. The molecule has 0 spiro atoms. The lowest BCUT2D eigenvalue weighted by Gasteiger charge is -2.38. The highest BCUT2D eigenvalue weighted by Gasteiger charge is 2.51. The minimum absolute atomic E-state index is 0.296. The zero-order chi connectivity index (χ0) is 16.0. The molecule has 22 heavy (non-hydrogen) atoms. The van der Waals surface area contributed by atoms with Crippen molar-refractivity contribution in [3.63, 3.8) is 0 Å². The topological polar surface area (TPSA) is 45.5 Å².